The molecule has 0 aliphatic carbocycles. The Labute approximate surface area is 245 Å². The van der Waals surface area contributed by atoms with Gasteiger partial charge in [-0.3, -0.25) is 0 Å². The summed E-state index contributed by atoms with van der Waals surface area (Å²) >= 11 is 3.76. The number of hydrogen-bond acceptors (Lipinski definition) is 5. The second-order valence-electron chi connectivity index (χ2n) is 9.81. The van der Waals surface area contributed by atoms with E-state index in [1.807, 2.05) is 72.8 Å². The first-order valence-electron chi connectivity index (χ1n) is 13.6. The molecule has 0 radical (unpaired) electrons. The third kappa shape index (κ3) is 8.33. The highest BCUT2D eigenvalue weighted by molar-refractivity contribution is 9.09. The standard InChI is InChI=1S/C34H35BrO5/c35-34-33(39-24-29-19-11-4-12-20-29)32(38-23-28-17-9-3-10-18-28)31(37-22-27-15-7-2-8-16-27)30(40-34)25-36-21-26-13-5-1-6-14-26/h1-20,30-34H,21-25H2/t30-,31-,32+,33-,34+/m1/s1. The lowest BCUT2D eigenvalue weighted by molar-refractivity contribution is -0.253. The van der Waals surface area contributed by atoms with Gasteiger partial charge in [-0.25, -0.2) is 0 Å². The van der Waals surface area contributed by atoms with Gasteiger partial charge in [-0.1, -0.05) is 137 Å². The van der Waals surface area contributed by atoms with Crippen LogP contribution in [0.2, 0.25) is 0 Å². The maximum absolute atomic E-state index is 6.62. The van der Waals surface area contributed by atoms with Crippen LogP contribution in [-0.4, -0.2) is 36.0 Å². The van der Waals surface area contributed by atoms with E-state index < -0.39 is 23.3 Å². The summed E-state index contributed by atoms with van der Waals surface area (Å²) in [6.45, 7) is 2.13. The first-order valence-corrected chi connectivity index (χ1v) is 14.6. The fourth-order valence-electron chi connectivity index (χ4n) is 4.73. The van der Waals surface area contributed by atoms with Crippen molar-refractivity contribution in [2.75, 3.05) is 6.61 Å². The Morgan fingerprint density at radius 3 is 1.30 bits per heavy atom. The molecule has 6 heteroatoms. The van der Waals surface area contributed by atoms with Crippen LogP contribution in [0.15, 0.2) is 121 Å². The molecular weight excluding hydrogens is 568 g/mol. The quantitative estimate of drug-likeness (QED) is 0.153. The number of halogens is 1. The summed E-state index contributed by atoms with van der Waals surface area (Å²) in [6, 6.07) is 40.6. The highest BCUT2D eigenvalue weighted by Crippen LogP contribution is 2.33. The van der Waals surface area contributed by atoms with Crippen molar-refractivity contribution in [3.63, 3.8) is 0 Å². The van der Waals surface area contributed by atoms with Gasteiger partial charge in [0.05, 0.1) is 33.0 Å². The first-order chi connectivity index (χ1) is 19.8. The molecule has 4 aromatic carbocycles. The van der Waals surface area contributed by atoms with Crippen LogP contribution in [0.3, 0.4) is 0 Å². The Balaban J connectivity index is 1.36. The van der Waals surface area contributed by atoms with Crippen LogP contribution in [0.1, 0.15) is 22.3 Å². The molecule has 1 aliphatic heterocycles. The van der Waals surface area contributed by atoms with Gasteiger partial charge in [0.25, 0.3) is 0 Å². The van der Waals surface area contributed by atoms with Crippen LogP contribution in [0.5, 0.6) is 0 Å². The molecule has 5 nitrogen and oxygen atoms in total. The largest absolute Gasteiger partial charge is 0.374 e. The Morgan fingerprint density at radius 1 is 0.475 bits per heavy atom. The first kappa shape index (κ1) is 28.7. The van der Waals surface area contributed by atoms with Crippen molar-refractivity contribution in [1.82, 2.24) is 0 Å². The predicted octanol–water partition coefficient (Wildman–Crippen LogP) is 7.08. The third-order valence-electron chi connectivity index (χ3n) is 6.83. The van der Waals surface area contributed by atoms with Crippen molar-refractivity contribution < 1.29 is 23.7 Å². The highest BCUT2D eigenvalue weighted by Gasteiger charge is 2.47. The van der Waals surface area contributed by atoms with Crippen molar-refractivity contribution in [2.24, 2.45) is 0 Å². The van der Waals surface area contributed by atoms with Crippen molar-refractivity contribution in [2.45, 2.75) is 55.9 Å². The fraction of sp³-hybridized carbons (Fsp3) is 0.294. The molecule has 1 heterocycles. The van der Waals surface area contributed by atoms with Gasteiger partial charge in [0, 0.05) is 0 Å². The Kier molecular flexibility index (Phi) is 10.9. The molecule has 5 atom stereocenters. The molecule has 0 bridgehead atoms. The zero-order valence-corrected chi connectivity index (χ0v) is 24.0. The van der Waals surface area contributed by atoms with E-state index in [-0.39, 0.29) is 6.10 Å². The Morgan fingerprint density at radius 2 is 0.850 bits per heavy atom. The zero-order chi connectivity index (χ0) is 27.4. The summed E-state index contributed by atoms with van der Waals surface area (Å²) in [5.74, 6) is 0. The summed E-state index contributed by atoms with van der Waals surface area (Å²) < 4.78 is 32.3. The Bertz CT molecular complexity index is 1240. The molecule has 0 aromatic heterocycles. The zero-order valence-electron chi connectivity index (χ0n) is 22.4. The van der Waals surface area contributed by atoms with E-state index >= 15 is 0 Å². The van der Waals surface area contributed by atoms with E-state index in [1.165, 1.54) is 0 Å². The summed E-state index contributed by atoms with van der Waals surface area (Å²) in [5.41, 5.74) is 4.35. The maximum Gasteiger partial charge on any atom is 0.141 e. The van der Waals surface area contributed by atoms with E-state index in [9.17, 15) is 0 Å². The molecule has 208 valence electrons. The van der Waals surface area contributed by atoms with E-state index in [2.05, 4.69) is 64.5 Å². The molecule has 0 unspecified atom stereocenters. The van der Waals surface area contributed by atoms with Gasteiger partial charge in [0.1, 0.15) is 29.4 Å². The van der Waals surface area contributed by atoms with Gasteiger partial charge in [-0.2, -0.15) is 0 Å². The summed E-state index contributed by atoms with van der Waals surface area (Å²) in [7, 11) is 0. The molecule has 5 rings (SSSR count). The maximum atomic E-state index is 6.62. The van der Waals surface area contributed by atoms with Gasteiger partial charge >= 0.3 is 0 Å². The number of rotatable bonds is 13. The molecule has 0 saturated carbocycles. The molecule has 1 fully saturated rings. The predicted molar refractivity (Wildman–Crippen MR) is 159 cm³/mol. The van der Waals surface area contributed by atoms with E-state index in [1.54, 1.807) is 0 Å². The minimum Gasteiger partial charge on any atom is -0.374 e. The topological polar surface area (TPSA) is 46.2 Å². The lowest BCUT2D eigenvalue weighted by Gasteiger charge is -2.44. The van der Waals surface area contributed by atoms with E-state index in [0.717, 1.165) is 22.3 Å². The van der Waals surface area contributed by atoms with E-state index in [0.29, 0.717) is 33.0 Å². The van der Waals surface area contributed by atoms with Crippen LogP contribution < -0.4 is 0 Å². The van der Waals surface area contributed by atoms with Gasteiger partial charge in [0.2, 0.25) is 0 Å². The molecule has 0 spiro atoms. The van der Waals surface area contributed by atoms with Gasteiger partial charge < -0.3 is 23.7 Å². The molecule has 40 heavy (non-hydrogen) atoms. The van der Waals surface area contributed by atoms with Gasteiger partial charge in [-0.05, 0) is 22.3 Å². The monoisotopic (exact) mass is 602 g/mol. The second kappa shape index (κ2) is 15.2. The van der Waals surface area contributed by atoms with Crippen LogP contribution >= 0.6 is 15.9 Å². The number of benzene rings is 4. The highest BCUT2D eigenvalue weighted by atomic mass is 79.9. The Hall–Kier alpha value is -2.84. The van der Waals surface area contributed by atoms with E-state index in [4.69, 9.17) is 23.7 Å². The second-order valence-corrected chi connectivity index (χ2v) is 10.7. The molecule has 1 aliphatic rings. The van der Waals surface area contributed by atoms with Crippen LogP contribution in [0.25, 0.3) is 0 Å². The average molecular weight is 604 g/mol. The molecule has 0 amide bonds. The van der Waals surface area contributed by atoms with Crippen molar-refractivity contribution in [3.8, 4) is 0 Å². The lowest BCUT2D eigenvalue weighted by atomic mass is 9.99. The van der Waals surface area contributed by atoms with Crippen molar-refractivity contribution in [1.29, 1.82) is 0 Å². The van der Waals surface area contributed by atoms with Gasteiger partial charge in [0.15, 0.2) is 0 Å². The van der Waals surface area contributed by atoms with Gasteiger partial charge in [-0.15, -0.1) is 0 Å². The number of alkyl halides is 1. The lowest BCUT2D eigenvalue weighted by Crippen LogP contribution is -2.59. The van der Waals surface area contributed by atoms with Crippen molar-refractivity contribution in [3.05, 3.63) is 144 Å². The molecular formula is C34H35BrO5. The summed E-state index contributed by atoms with van der Waals surface area (Å²) in [4.78, 5) is 0. The minimum absolute atomic E-state index is 0.354. The van der Waals surface area contributed by atoms with Crippen molar-refractivity contribution >= 4 is 15.9 Å². The molecule has 0 N–H and O–H groups in total. The average Bonchev–Trinajstić information content (AvgIpc) is 3.01. The normalized spacial score (nSPS) is 22.7. The third-order valence-corrected chi connectivity index (χ3v) is 7.56. The number of ether oxygens (including phenoxy) is 5. The smallest absolute Gasteiger partial charge is 0.141 e. The fourth-order valence-corrected chi connectivity index (χ4v) is 5.46. The van der Waals surface area contributed by atoms with Crippen LogP contribution in [-0.2, 0) is 50.1 Å². The van der Waals surface area contributed by atoms with Crippen LogP contribution in [0.4, 0.5) is 0 Å². The van der Waals surface area contributed by atoms with Crippen LogP contribution in [0, 0.1) is 0 Å². The summed E-state index contributed by atoms with van der Waals surface area (Å²) in [5, 5.41) is -0.404. The SMILES string of the molecule is Br[C@H]1O[C@H](COCc2ccccc2)[C@@H](OCc2ccccc2)[C@H](OCc2ccccc2)[C@H]1OCc1ccccc1. The minimum atomic E-state index is -0.422. The molecule has 1 saturated heterocycles. The number of hydrogen-bond donors (Lipinski definition) is 0. The summed E-state index contributed by atoms with van der Waals surface area (Å²) in [6.07, 6.45) is -1.60. The molecule has 4 aromatic rings.